The van der Waals surface area contributed by atoms with Crippen LogP contribution < -0.4 is 15.7 Å². The van der Waals surface area contributed by atoms with Gasteiger partial charge in [0.15, 0.2) is 0 Å². The van der Waals surface area contributed by atoms with Crippen molar-refractivity contribution < 1.29 is 4.84 Å². The molecule has 7 heteroatoms. The molecule has 114 valence electrons. The second-order valence-electron chi connectivity index (χ2n) is 5.51. The summed E-state index contributed by atoms with van der Waals surface area (Å²) < 4.78 is 0. The molecule has 2 N–H and O–H groups in total. The number of hydroxylamine groups is 1. The van der Waals surface area contributed by atoms with Crippen LogP contribution in [0.5, 0.6) is 0 Å². The average Bonchev–Trinajstić information content (AvgIpc) is 2.41. The van der Waals surface area contributed by atoms with Crippen LogP contribution in [0.3, 0.4) is 0 Å². The van der Waals surface area contributed by atoms with Crippen LogP contribution in [0.1, 0.15) is 27.7 Å². The number of anilines is 3. The van der Waals surface area contributed by atoms with Crippen LogP contribution in [0.4, 0.5) is 17.8 Å². The van der Waals surface area contributed by atoms with Crippen LogP contribution in [0, 0.1) is 11.8 Å². The third-order valence-corrected chi connectivity index (χ3v) is 2.52. The highest BCUT2D eigenvalue weighted by atomic mass is 16.7. The van der Waals surface area contributed by atoms with Crippen LogP contribution in [-0.4, -0.2) is 42.2 Å². The molecule has 1 aromatic rings. The molecular weight excluding hydrogens is 256 g/mol. The largest absolute Gasteiger partial charge is 0.354 e. The first-order chi connectivity index (χ1) is 9.42. The Morgan fingerprint density at radius 3 is 1.75 bits per heavy atom. The SMILES string of the molecule is CON(C)c1nc(NCC(C)C)nc(NCC(C)C)n1. The second-order valence-corrected chi connectivity index (χ2v) is 5.51. The maximum Gasteiger partial charge on any atom is 0.256 e. The maximum absolute atomic E-state index is 5.12. The number of aromatic nitrogens is 3. The van der Waals surface area contributed by atoms with Crippen LogP contribution in [0.25, 0.3) is 0 Å². The van der Waals surface area contributed by atoms with E-state index in [1.165, 1.54) is 5.06 Å². The summed E-state index contributed by atoms with van der Waals surface area (Å²) in [7, 11) is 3.33. The summed E-state index contributed by atoms with van der Waals surface area (Å²) in [5.41, 5.74) is 0. The molecule has 1 aromatic heterocycles. The highest BCUT2D eigenvalue weighted by molar-refractivity contribution is 5.42. The summed E-state index contributed by atoms with van der Waals surface area (Å²) in [4.78, 5) is 18.2. The van der Waals surface area contributed by atoms with E-state index in [4.69, 9.17) is 4.84 Å². The summed E-state index contributed by atoms with van der Waals surface area (Å²) in [6.07, 6.45) is 0. The van der Waals surface area contributed by atoms with E-state index >= 15 is 0 Å². The zero-order chi connectivity index (χ0) is 15.1. The van der Waals surface area contributed by atoms with Crippen molar-refractivity contribution in [3.63, 3.8) is 0 Å². The number of rotatable bonds is 8. The van der Waals surface area contributed by atoms with Gasteiger partial charge in [-0.15, -0.1) is 0 Å². The first kappa shape index (κ1) is 16.4. The smallest absolute Gasteiger partial charge is 0.256 e. The van der Waals surface area contributed by atoms with Gasteiger partial charge in [0.25, 0.3) is 5.95 Å². The third-order valence-electron chi connectivity index (χ3n) is 2.52. The molecule has 0 aliphatic rings. The van der Waals surface area contributed by atoms with Crippen LogP contribution in [-0.2, 0) is 4.84 Å². The molecule has 1 heterocycles. The Morgan fingerprint density at radius 2 is 1.40 bits per heavy atom. The number of hydrogen-bond acceptors (Lipinski definition) is 7. The molecular formula is C13H26N6O. The summed E-state index contributed by atoms with van der Waals surface area (Å²) >= 11 is 0. The lowest BCUT2D eigenvalue weighted by Crippen LogP contribution is -2.21. The van der Waals surface area contributed by atoms with E-state index in [0.717, 1.165) is 13.1 Å². The van der Waals surface area contributed by atoms with Gasteiger partial charge < -0.3 is 10.6 Å². The van der Waals surface area contributed by atoms with Gasteiger partial charge in [0.2, 0.25) is 11.9 Å². The summed E-state index contributed by atoms with van der Waals surface area (Å²) in [6.45, 7) is 10.2. The first-order valence-electron chi connectivity index (χ1n) is 6.94. The van der Waals surface area contributed by atoms with Gasteiger partial charge in [0, 0.05) is 20.1 Å². The van der Waals surface area contributed by atoms with Crippen molar-refractivity contribution in [1.29, 1.82) is 0 Å². The molecule has 0 aliphatic carbocycles. The Hall–Kier alpha value is -1.63. The third kappa shape index (κ3) is 5.56. The fourth-order valence-corrected chi connectivity index (χ4v) is 1.34. The molecule has 0 radical (unpaired) electrons. The summed E-state index contributed by atoms with van der Waals surface area (Å²) in [5, 5.41) is 7.92. The van der Waals surface area contributed by atoms with E-state index in [-0.39, 0.29) is 0 Å². The van der Waals surface area contributed by atoms with E-state index in [0.29, 0.717) is 29.7 Å². The Bertz CT molecular complexity index is 380. The Morgan fingerprint density at radius 1 is 0.950 bits per heavy atom. The van der Waals surface area contributed by atoms with Crippen molar-refractivity contribution in [2.45, 2.75) is 27.7 Å². The summed E-state index contributed by atoms with van der Waals surface area (Å²) in [6, 6.07) is 0. The van der Waals surface area contributed by atoms with Crippen molar-refractivity contribution in [2.75, 3.05) is 42.9 Å². The predicted molar refractivity (Wildman–Crippen MR) is 81.9 cm³/mol. The molecule has 0 unspecified atom stereocenters. The van der Waals surface area contributed by atoms with E-state index in [2.05, 4.69) is 53.3 Å². The van der Waals surface area contributed by atoms with Crippen molar-refractivity contribution in [1.82, 2.24) is 15.0 Å². The minimum atomic E-state index is 0.472. The lowest BCUT2D eigenvalue weighted by atomic mass is 10.2. The fourth-order valence-electron chi connectivity index (χ4n) is 1.34. The second kappa shape index (κ2) is 7.84. The number of nitrogens with zero attached hydrogens (tertiary/aromatic N) is 4. The molecule has 0 saturated heterocycles. The zero-order valence-electron chi connectivity index (χ0n) is 13.3. The molecule has 20 heavy (non-hydrogen) atoms. The molecule has 0 amide bonds. The minimum Gasteiger partial charge on any atom is -0.354 e. The molecule has 0 aromatic carbocycles. The lowest BCUT2D eigenvalue weighted by molar-refractivity contribution is 0.180. The van der Waals surface area contributed by atoms with Crippen LogP contribution in [0.15, 0.2) is 0 Å². The standard InChI is InChI=1S/C13H26N6O/c1-9(2)7-14-11-16-12(15-8-10(3)4)18-13(17-11)19(5)20-6/h9-10H,7-8H2,1-6H3,(H2,14,15,16,17,18). The van der Waals surface area contributed by atoms with Gasteiger partial charge in [-0.05, 0) is 11.8 Å². The van der Waals surface area contributed by atoms with Crippen LogP contribution in [0.2, 0.25) is 0 Å². The van der Waals surface area contributed by atoms with E-state index in [9.17, 15) is 0 Å². The average molecular weight is 282 g/mol. The molecule has 0 saturated carbocycles. The molecule has 0 fully saturated rings. The number of hydrogen-bond donors (Lipinski definition) is 2. The highest BCUT2D eigenvalue weighted by Crippen LogP contribution is 2.13. The molecule has 7 nitrogen and oxygen atoms in total. The zero-order valence-corrected chi connectivity index (χ0v) is 13.3. The van der Waals surface area contributed by atoms with Crippen molar-refractivity contribution in [3.05, 3.63) is 0 Å². The molecule has 1 rings (SSSR count). The van der Waals surface area contributed by atoms with E-state index in [1.807, 2.05) is 0 Å². The number of nitrogens with one attached hydrogen (secondary N) is 2. The van der Waals surface area contributed by atoms with E-state index in [1.54, 1.807) is 14.2 Å². The Kier molecular flexibility index (Phi) is 6.44. The fraction of sp³-hybridized carbons (Fsp3) is 0.769. The monoisotopic (exact) mass is 282 g/mol. The topological polar surface area (TPSA) is 75.2 Å². The maximum atomic E-state index is 5.12. The van der Waals surface area contributed by atoms with Gasteiger partial charge in [0.05, 0.1) is 7.11 Å². The molecule has 0 aliphatic heterocycles. The van der Waals surface area contributed by atoms with Gasteiger partial charge in [0.1, 0.15) is 0 Å². The van der Waals surface area contributed by atoms with Crippen LogP contribution >= 0.6 is 0 Å². The highest BCUT2D eigenvalue weighted by Gasteiger charge is 2.10. The normalized spacial score (nSPS) is 11.0. The molecule has 0 bridgehead atoms. The first-order valence-corrected chi connectivity index (χ1v) is 6.94. The predicted octanol–water partition coefficient (Wildman–Crippen LogP) is 2.00. The van der Waals surface area contributed by atoms with E-state index < -0.39 is 0 Å². The van der Waals surface area contributed by atoms with Crippen molar-refractivity contribution >= 4 is 17.8 Å². The molecule has 0 atom stereocenters. The molecule has 0 spiro atoms. The van der Waals surface area contributed by atoms with Gasteiger partial charge in [-0.3, -0.25) is 4.84 Å². The Balaban J connectivity index is 2.88. The minimum absolute atomic E-state index is 0.472. The lowest BCUT2D eigenvalue weighted by Gasteiger charge is -2.16. The Labute approximate surface area is 121 Å². The quantitative estimate of drug-likeness (QED) is 0.706. The van der Waals surface area contributed by atoms with Gasteiger partial charge in [-0.1, -0.05) is 27.7 Å². The van der Waals surface area contributed by atoms with Gasteiger partial charge in [-0.25, -0.2) is 5.06 Å². The van der Waals surface area contributed by atoms with Crippen molar-refractivity contribution in [3.8, 4) is 0 Å². The van der Waals surface area contributed by atoms with Gasteiger partial charge >= 0.3 is 0 Å². The van der Waals surface area contributed by atoms with Crippen molar-refractivity contribution in [2.24, 2.45) is 11.8 Å². The summed E-state index contributed by atoms with van der Waals surface area (Å²) in [5.74, 6) is 2.61. The van der Waals surface area contributed by atoms with Gasteiger partial charge in [-0.2, -0.15) is 15.0 Å².